The van der Waals surface area contributed by atoms with Crippen molar-refractivity contribution in [3.05, 3.63) is 51.6 Å². The Morgan fingerprint density at radius 3 is 2.48 bits per heavy atom. The molecule has 0 saturated heterocycles. The number of hydrogen-bond donors (Lipinski definition) is 2. The van der Waals surface area contributed by atoms with Crippen molar-refractivity contribution in [1.29, 1.82) is 0 Å². The van der Waals surface area contributed by atoms with Crippen LogP contribution in [0, 0.1) is 5.92 Å². The molecule has 1 aromatic carbocycles. The first-order valence-electron chi connectivity index (χ1n) is 9.78. The summed E-state index contributed by atoms with van der Waals surface area (Å²) in [6.45, 7) is 0.704. The largest absolute Gasteiger partial charge is 0.494 e. The highest BCUT2D eigenvalue weighted by molar-refractivity contribution is 6.34. The van der Waals surface area contributed by atoms with E-state index in [0.717, 1.165) is 43.9 Å². The number of nitrogens with one attached hydrogen (secondary N) is 2. The number of halogens is 5. The number of rotatable bonds is 6. The van der Waals surface area contributed by atoms with Crippen LogP contribution in [0.25, 0.3) is 0 Å². The number of anilines is 1. The number of carbonyl (C=O) groups excluding carboxylic acids is 1. The number of aromatic nitrogens is 1. The Balaban J connectivity index is 1.50. The van der Waals surface area contributed by atoms with Crippen LogP contribution in [0.4, 0.5) is 19.0 Å². The van der Waals surface area contributed by atoms with Crippen LogP contribution in [0.15, 0.2) is 30.5 Å². The fraction of sp³-hybridized carbons (Fsp3) is 0.429. The van der Waals surface area contributed by atoms with E-state index in [1.807, 2.05) is 0 Å². The lowest BCUT2D eigenvalue weighted by atomic mass is 9.86. The molecule has 2 aromatic rings. The number of ether oxygens (including phenoxy) is 1. The summed E-state index contributed by atoms with van der Waals surface area (Å²) in [5, 5.41) is 6.53. The van der Waals surface area contributed by atoms with Crippen LogP contribution in [0.5, 0.6) is 5.75 Å². The van der Waals surface area contributed by atoms with Crippen LogP contribution in [0.1, 0.15) is 41.6 Å². The quantitative estimate of drug-likeness (QED) is 0.552. The van der Waals surface area contributed by atoms with Crippen LogP contribution in [0.3, 0.4) is 0 Å². The van der Waals surface area contributed by atoms with E-state index in [9.17, 15) is 18.0 Å². The number of alkyl halides is 3. The van der Waals surface area contributed by atoms with E-state index in [1.54, 1.807) is 12.3 Å². The molecular weight excluding hydrogens is 454 g/mol. The Morgan fingerprint density at radius 1 is 1.16 bits per heavy atom. The molecule has 0 aliphatic heterocycles. The molecule has 31 heavy (non-hydrogen) atoms. The summed E-state index contributed by atoms with van der Waals surface area (Å²) in [5.41, 5.74) is -1.06. The average molecular weight is 476 g/mol. The number of methoxy groups -OCH3 is 1. The molecule has 0 bridgehead atoms. The number of nitrogens with zero attached hydrogens (tertiary/aromatic N) is 1. The van der Waals surface area contributed by atoms with Gasteiger partial charge in [0.05, 0.1) is 34.5 Å². The minimum absolute atomic E-state index is 0.00552. The van der Waals surface area contributed by atoms with Crippen LogP contribution < -0.4 is 15.4 Å². The molecule has 1 saturated carbocycles. The lowest BCUT2D eigenvalue weighted by Crippen LogP contribution is -2.38. The molecule has 1 heterocycles. The van der Waals surface area contributed by atoms with Gasteiger partial charge in [-0.2, -0.15) is 13.2 Å². The highest BCUT2D eigenvalue weighted by Crippen LogP contribution is 2.32. The highest BCUT2D eigenvalue weighted by Gasteiger charge is 2.32. The Kier molecular flexibility index (Phi) is 7.54. The Labute approximate surface area is 188 Å². The van der Waals surface area contributed by atoms with Gasteiger partial charge >= 0.3 is 6.18 Å². The molecule has 0 radical (unpaired) electrons. The molecule has 1 amide bonds. The third-order valence-electron chi connectivity index (χ3n) is 5.33. The van der Waals surface area contributed by atoms with Gasteiger partial charge in [-0.15, -0.1) is 0 Å². The lowest BCUT2D eigenvalue weighted by Gasteiger charge is -2.29. The number of hydrogen-bond acceptors (Lipinski definition) is 4. The summed E-state index contributed by atoms with van der Waals surface area (Å²) in [6.07, 6.45) is 0.191. The lowest BCUT2D eigenvalue weighted by molar-refractivity contribution is -0.137. The van der Waals surface area contributed by atoms with Gasteiger partial charge in [0.15, 0.2) is 5.75 Å². The maximum Gasteiger partial charge on any atom is 0.416 e. The molecule has 3 rings (SSSR count). The second-order valence-corrected chi connectivity index (χ2v) is 8.28. The first-order chi connectivity index (χ1) is 14.7. The maximum atomic E-state index is 12.9. The van der Waals surface area contributed by atoms with Crippen molar-refractivity contribution in [2.75, 3.05) is 19.0 Å². The summed E-state index contributed by atoms with van der Waals surface area (Å²) in [4.78, 5) is 16.7. The van der Waals surface area contributed by atoms with Crippen molar-refractivity contribution >= 4 is 34.9 Å². The molecule has 0 unspecified atom stereocenters. The number of benzene rings is 1. The predicted molar refractivity (Wildman–Crippen MR) is 114 cm³/mol. The third kappa shape index (κ3) is 6.17. The Morgan fingerprint density at radius 2 is 1.87 bits per heavy atom. The zero-order valence-corrected chi connectivity index (χ0v) is 18.2. The highest BCUT2D eigenvalue weighted by atomic mass is 35.5. The Hall–Kier alpha value is -2.19. The van der Waals surface area contributed by atoms with E-state index in [0.29, 0.717) is 29.1 Å². The van der Waals surface area contributed by atoms with E-state index in [4.69, 9.17) is 27.9 Å². The molecule has 1 aromatic heterocycles. The van der Waals surface area contributed by atoms with Gasteiger partial charge in [0.2, 0.25) is 0 Å². The van der Waals surface area contributed by atoms with Crippen molar-refractivity contribution in [2.45, 2.75) is 37.9 Å². The monoisotopic (exact) mass is 475 g/mol. The maximum absolute atomic E-state index is 12.9. The molecule has 0 spiro atoms. The van der Waals surface area contributed by atoms with Gasteiger partial charge in [-0.05, 0) is 49.8 Å². The van der Waals surface area contributed by atoms with Gasteiger partial charge in [-0.1, -0.05) is 23.2 Å². The van der Waals surface area contributed by atoms with Crippen LogP contribution in [-0.2, 0) is 6.18 Å². The van der Waals surface area contributed by atoms with E-state index in [1.165, 1.54) is 7.11 Å². The summed E-state index contributed by atoms with van der Waals surface area (Å²) in [7, 11) is 1.52. The van der Waals surface area contributed by atoms with Gasteiger partial charge in [0, 0.05) is 18.7 Å². The normalized spacial score (nSPS) is 19.0. The van der Waals surface area contributed by atoms with Crippen molar-refractivity contribution in [2.24, 2.45) is 5.92 Å². The van der Waals surface area contributed by atoms with Crippen molar-refractivity contribution in [1.82, 2.24) is 10.3 Å². The molecule has 0 atom stereocenters. The van der Waals surface area contributed by atoms with Gasteiger partial charge in [-0.3, -0.25) is 4.79 Å². The minimum atomic E-state index is -4.53. The fourth-order valence-corrected chi connectivity index (χ4v) is 4.00. The first kappa shape index (κ1) is 23.5. The molecule has 5 nitrogen and oxygen atoms in total. The summed E-state index contributed by atoms with van der Waals surface area (Å²) in [6, 6.07) is 4.34. The molecule has 1 aliphatic rings. The molecule has 10 heteroatoms. The molecule has 2 N–H and O–H groups in total. The average Bonchev–Trinajstić information content (AvgIpc) is 2.72. The van der Waals surface area contributed by atoms with E-state index < -0.39 is 17.6 Å². The zero-order valence-electron chi connectivity index (χ0n) is 16.7. The van der Waals surface area contributed by atoms with Crippen molar-refractivity contribution in [3.63, 3.8) is 0 Å². The fourth-order valence-electron chi connectivity index (χ4n) is 3.56. The number of pyridine rings is 1. The van der Waals surface area contributed by atoms with Gasteiger partial charge < -0.3 is 15.4 Å². The van der Waals surface area contributed by atoms with E-state index in [2.05, 4.69) is 15.6 Å². The molecular formula is C21H22Cl2F3N3O2. The third-order valence-corrected chi connectivity index (χ3v) is 5.96. The van der Waals surface area contributed by atoms with Crippen LogP contribution in [-0.4, -0.2) is 30.6 Å². The summed E-state index contributed by atoms with van der Waals surface area (Å²) >= 11 is 12.0. The van der Waals surface area contributed by atoms with Crippen LogP contribution >= 0.6 is 23.2 Å². The minimum Gasteiger partial charge on any atom is -0.494 e. The second kappa shape index (κ2) is 9.96. The summed E-state index contributed by atoms with van der Waals surface area (Å²) < 4.78 is 43.8. The molecule has 168 valence electrons. The molecule has 1 fully saturated rings. The van der Waals surface area contributed by atoms with Crippen molar-refractivity contribution in [3.8, 4) is 5.75 Å². The Bertz CT molecular complexity index is 933. The number of carbonyl (C=O) groups is 1. The van der Waals surface area contributed by atoms with Gasteiger partial charge in [-0.25, -0.2) is 4.98 Å². The van der Waals surface area contributed by atoms with Gasteiger partial charge in [0.1, 0.15) is 5.82 Å². The number of amides is 1. The van der Waals surface area contributed by atoms with Gasteiger partial charge in [0.25, 0.3) is 5.91 Å². The zero-order chi connectivity index (χ0) is 22.6. The SMILES string of the molecule is COc1cnc(NCC2CCC(NC(=O)c3cc(C(F)(F)F)ccc3Cl)CC2)cc1Cl. The topological polar surface area (TPSA) is 63.2 Å². The van der Waals surface area contributed by atoms with E-state index >= 15 is 0 Å². The van der Waals surface area contributed by atoms with E-state index in [-0.39, 0.29) is 16.6 Å². The van der Waals surface area contributed by atoms with Crippen molar-refractivity contribution < 1.29 is 22.7 Å². The second-order valence-electron chi connectivity index (χ2n) is 7.47. The van der Waals surface area contributed by atoms with Crippen LogP contribution in [0.2, 0.25) is 10.0 Å². The summed E-state index contributed by atoms with van der Waals surface area (Å²) in [5.74, 6) is 0.951. The predicted octanol–water partition coefficient (Wildman–Crippen LogP) is 5.82. The first-order valence-corrected chi connectivity index (χ1v) is 10.5. The molecule has 1 aliphatic carbocycles. The smallest absolute Gasteiger partial charge is 0.416 e. The standard InChI is InChI=1S/C21H22Cl2F3N3O2/c1-31-18-11-28-19(9-17(18)23)27-10-12-2-5-14(6-3-12)29-20(30)15-8-13(21(24,25)26)4-7-16(15)22/h4,7-9,11-12,14H,2-3,5-6,10H2,1H3,(H,27,28)(H,29,30).